The first-order valence-electron chi connectivity index (χ1n) is 20.1. The number of nitrogens with zero attached hydrogens (tertiary/aromatic N) is 4. The van der Waals surface area contributed by atoms with Crippen molar-refractivity contribution in [2.75, 3.05) is 14.2 Å². The van der Waals surface area contributed by atoms with Gasteiger partial charge < -0.3 is 19.5 Å². The van der Waals surface area contributed by atoms with Gasteiger partial charge in [0.1, 0.15) is 11.4 Å². The van der Waals surface area contributed by atoms with Gasteiger partial charge in [-0.15, -0.1) is 0 Å². The highest BCUT2D eigenvalue weighted by Gasteiger charge is 2.37. The Labute approximate surface area is 444 Å². The summed E-state index contributed by atoms with van der Waals surface area (Å²) in [6.07, 6.45) is -9.33. The molecule has 0 unspecified atom stereocenters. The zero-order chi connectivity index (χ0) is 52.8. The first-order chi connectivity index (χ1) is 33.9. The largest absolute Gasteiger partial charge is 0.488 e. The first kappa shape index (κ1) is 55.8. The molecule has 2 heterocycles. The van der Waals surface area contributed by atoms with E-state index in [0.717, 1.165) is 21.5 Å². The number of esters is 2. The summed E-state index contributed by atoms with van der Waals surface area (Å²) in [5.74, 6) is -0.993. The highest BCUT2D eigenvalue weighted by Crippen LogP contribution is 2.42. The fourth-order valence-corrected chi connectivity index (χ4v) is 8.80. The minimum absolute atomic E-state index is 0.0576. The Morgan fingerprint density at radius 2 is 0.931 bits per heavy atom. The van der Waals surface area contributed by atoms with Crippen molar-refractivity contribution in [3.8, 4) is 45.0 Å². The maximum absolute atomic E-state index is 13.5. The quantitative estimate of drug-likeness (QED) is 0.0874. The summed E-state index contributed by atoms with van der Waals surface area (Å²) in [4.78, 5) is 22.8. The first-order valence-corrected chi connectivity index (χ1v) is 23.2. The fourth-order valence-electron chi connectivity index (χ4n) is 6.63. The molecule has 0 aliphatic rings. The van der Waals surface area contributed by atoms with Crippen molar-refractivity contribution in [1.29, 1.82) is 0 Å². The summed E-state index contributed by atoms with van der Waals surface area (Å²) < 4.78 is 92.1. The third-order valence-corrected chi connectivity index (χ3v) is 12.3. The van der Waals surface area contributed by atoms with Crippen molar-refractivity contribution in [2.24, 2.45) is 0 Å². The molecule has 72 heavy (non-hydrogen) atoms. The number of alkyl halides is 6. The molecule has 6 aromatic carbocycles. The summed E-state index contributed by atoms with van der Waals surface area (Å²) in [5.41, 5.74) is 1.13. The topological polar surface area (TPSA) is 129 Å². The van der Waals surface area contributed by atoms with Crippen LogP contribution < -0.4 is 5.46 Å². The van der Waals surface area contributed by atoms with E-state index in [9.17, 15) is 35.9 Å². The zero-order valence-corrected chi connectivity index (χ0v) is 42.6. The number of hydrogen-bond acceptors (Lipinski definition) is 8. The predicted molar refractivity (Wildman–Crippen MR) is 270 cm³/mol. The van der Waals surface area contributed by atoms with E-state index < -0.39 is 42.8 Å². The van der Waals surface area contributed by atoms with Crippen LogP contribution in [-0.2, 0) is 21.8 Å². The van der Waals surface area contributed by atoms with Gasteiger partial charge in [-0.3, -0.25) is 0 Å². The standard InChI is InChI=1S/C24H14Cl3F3N2O2.C16H7BrCl3F3N2.C8H9BO4/c1-34-23(33)15-5-2-4-13(10-15)14-8-9-16(19(27)11-14)20-12-21(24(28,29)30)31-32(20)22-17(25)6-3-7-18(22)26;17-8-4-5-9(12(20)6-8)13-7-14(16(21,22)23)24-25(13)15-10(18)2-1-3-11(15)19;1-13-8(10)6-3-2-4-7(5-6)9(11)12/h2-12H,1H3;1-7H;2-5,11-12H,1H3. The molecular formula is C48H30BBrCl6F6N4O6. The summed E-state index contributed by atoms with van der Waals surface area (Å²) in [7, 11) is 0.985. The van der Waals surface area contributed by atoms with E-state index in [1.807, 2.05) is 0 Å². The predicted octanol–water partition coefficient (Wildman–Crippen LogP) is 14.4. The minimum atomic E-state index is -4.70. The maximum Gasteiger partial charge on any atom is 0.488 e. The van der Waals surface area contributed by atoms with Crippen LogP contribution in [-0.4, -0.2) is 62.9 Å². The van der Waals surface area contributed by atoms with E-state index >= 15 is 0 Å². The van der Waals surface area contributed by atoms with Crippen LogP contribution in [0, 0.1) is 0 Å². The number of rotatable bonds is 8. The Kier molecular flexibility index (Phi) is 18.2. The van der Waals surface area contributed by atoms with Gasteiger partial charge >= 0.3 is 31.4 Å². The zero-order valence-electron chi connectivity index (χ0n) is 36.5. The number of aromatic nitrogens is 4. The molecular weight excluding hydrogens is 1150 g/mol. The van der Waals surface area contributed by atoms with Crippen LogP contribution in [0.4, 0.5) is 26.3 Å². The number of para-hydroxylation sites is 2. The van der Waals surface area contributed by atoms with Gasteiger partial charge in [0.25, 0.3) is 0 Å². The normalized spacial score (nSPS) is 11.2. The fraction of sp³-hybridized carbons (Fsp3) is 0.0833. The lowest BCUT2D eigenvalue weighted by atomic mass is 9.80. The van der Waals surface area contributed by atoms with Gasteiger partial charge in [0.2, 0.25) is 0 Å². The molecule has 0 aliphatic carbocycles. The Morgan fingerprint density at radius 1 is 0.528 bits per heavy atom. The van der Waals surface area contributed by atoms with E-state index in [-0.39, 0.29) is 63.9 Å². The average Bonchev–Trinajstić information content (AvgIpc) is 3.98. The molecule has 0 bridgehead atoms. The Hall–Kier alpha value is -5.54. The third kappa shape index (κ3) is 13.2. The smallest absolute Gasteiger partial charge is 0.465 e. The molecule has 2 aromatic heterocycles. The summed E-state index contributed by atoms with van der Waals surface area (Å²) in [5, 5.41) is 26.0. The molecule has 0 fully saturated rings. The second-order valence-electron chi connectivity index (χ2n) is 14.7. The van der Waals surface area contributed by atoms with Crippen molar-refractivity contribution < 1.29 is 55.5 Å². The summed E-state index contributed by atoms with van der Waals surface area (Å²) >= 11 is 40.8. The molecule has 8 aromatic rings. The van der Waals surface area contributed by atoms with Crippen molar-refractivity contribution >= 4 is 110 Å². The molecule has 0 aliphatic heterocycles. The molecule has 0 atom stereocenters. The second-order valence-corrected chi connectivity index (χ2v) is 18.0. The van der Waals surface area contributed by atoms with Crippen LogP contribution >= 0.6 is 85.5 Å². The van der Waals surface area contributed by atoms with Gasteiger partial charge in [-0.05, 0) is 95.5 Å². The number of carbonyl (C=O) groups is 2. The monoisotopic (exact) mass is 1170 g/mol. The molecule has 24 heteroatoms. The Bertz CT molecular complexity index is 3260. The lowest BCUT2D eigenvalue weighted by Crippen LogP contribution is -2.30. The van der Waals surface area contributed by atoms with E-state index in [1.165, 1.54) is 56.7 Å². The average molecular weight is 1180 g/mol. The molecule has 0 saturated heterocycles. The number of methoxy groups -OCH3 is 2. The van der Waals surface area contributed by atoms with Gasteiger partial charge in [0.15, 0.2) is 11.4 Å². The van der Waals surface area contributed by atoms with E-state index in [4.69, 9.17) is 84.4 Å². The van der Waals surface area contributed by atoms with Crippen LogP contribution in [0.3, 0.4) is 0 Å². The molecule has 0 amide bonds. The van der Waals surface area contributed by atoms with Gasteiger partial charge in [-0.2, -0.15) is 36.5 Å². The number of carbonyl (C=O) groups excluding carboxylic acids is 2. The van der Waals surface area contributed by atoms with Crippen LogP contribution in [0.2, 0.25) is 30.1 Å². The van der Waals surface area contributed by atoms with Crippen molar-refractivity contribution in [3.05, 3.63) is 191 Å². The van der Waals surface area contributed by atoms with Crippen molar-refractivity contribution in [1.82, 2.24) is 19.6 Å². The van der Waals surface area contributed by atoms with Gasteiger partial charge in [-0.1, -0.05) is 140 Å². The molecule has 2 N–H and O–H groups in total. The van der Waals surface area contributed by atoms with E-state index in [1.54, 1.807) is 78.9 Å². The van der Waals surface area contributed by atoms with Gasteiger partial charge in [0, 0.05) is 15.6 Å². The summed E-state index contributed by atoms with van der Waals surface area (Å²) in [6.45, 7) is 0. The van der Waals surface area contributed by atoms with Gasteiger partial charge in [-0.25, -0.2) is 19.0 Å². The van der Waals surface area contributed by atoms with E-state index in [0.29, 0.717) is 32.3 Å². The van der Waals surface area contributed by atoms with Crippen molar-refractivity contribution in [2.45, 2.75) is 12.4 Å². The lowest BCUT2D eigenvalue weighted by molar-refractivity contribution is -0.142. The number of halogens is 13. The number of benzene rings is 6. The maximum atomic E-state index is 13.5. The molecule has 8 rings (SSSR count). The number of ether oxygens (including phenoxy) is 2. The molecule has 0 saturated carbocycles. The molecule has 10 nitrogen and oxygen atoms in total. The highest BCUT2D eigenvalue weighted by molar-refractivity contribution is 9.10. The highest BCUT2D eigenvalue weighted by atomic mass is 79.9. The molecule has 372 valence electrons. The van der Waals surface area contributed by atoms with Crippen LogP contribution in [0.25, 0.3) is 45.0 Å². The molecule has 0 spiro atoms. The minimum Gasteiger partial charge on any atom is -0.465 e. The van der Waals surface area contributed by atoms with Crippen LogP contribution in [0.1, 0.15) is 32.1 Å². The Morgan fingerprint density at radius 3 is 1.35 bits per heavy atom. The summed E-state index contributed by atoms with van der Waals surface area (Å²) in [6, 6.07) is 33.4. The third-order valence-electron chi connectivity index (χ3n) is 9.97. The van der Waals surface area contributed by atoms with Gasteiger partial charge in [0.05, 0.1) is 66.9 Å². The van der Waals surface area contributed by atoms with Crippen LogP contribution in [0.5, 0.6) is 0 Å². The Balaban J connectivity index is 0.000000195. The van der Waals surface area contributed by atoms with Crippen molar-refractivity contribution in [3.63, 3.8) is 0 Å². The van der Waals surface area contributed by atoms with Crippen LogP contribution in [0.15, 0.2) is 138 Å². The number of hydrogen-bond donors (Lipinski definition) is 2. The van der Waals surface area contributed by atoms with E-state index in [2.05, 4.69) is 30.9 Å². The lowest BCUT2D eigenvalue weighted by Gasteiger charge is -2.13. The molecule has 0 radical (unpaired) electrons. The second kappa shape index (κ2) is 23.6. The SMILES string of the molecule is COC(=O)c1cccc(-c2ccc(-c3cc(C(F)(F)F)nn3-c3c(Cl)cccc3Cl)c(Cl)c2)c1.COC(=O)c1cccc(B(O)O)c1.FC(F)(F)c1cc(-c2ccc(Br)cc2Cl)n(-c2c(Cl)cccc2Cl)n1.